The van der Waals surface area contributed by atoms with Gasteiger partial charge in [-0.2, -0.15) is 5.10 Å². The van der Waals surface area contributed by atoms with Gasteiger partial charge in [-0.05, 0) is 32.0 Å². The van der Waals surface area contributed by atoms with Crippen molar-refractivity contribution in [2.75, 3.05) is 0 Å². The summed E-state index contributed by atoms with van der Waals surface area (Å²) in [4.78, 5) is 12.3. The van der Waals surface area contributed by atoms with Gasteiger partial charge in [-0.3, -0.25) is 9.48 Å². The highest BCUT2D eigenvalue weighted by Gasteiger charge is 2.19. The highest BCUT2D eigenvalue weighted by molar-refractivity contribution is 5.86. The van der Waals surface area contributed by atoms with Crippen LogP contribution < -0.4 is 5.32 Å². The largest absolute Gasteiger partial charge is 0.467 e. The molecule has 3 rings (SSSR count). The Bertz CT molecular complexity index is 759. The first-order valence-corrected chi connectivity index (χ1v) is 6.91. The minimum atomic E-state index is -0.376. The number of nitrogens with one attached hydrogen (secondary N) is 1. The number of benzene rings is 1. The lowest BCUT2D eigenvalue weighted by atomic mass is 10.2. The lowest BCUT2D eigenvalue weighted by molar-refractivity contribution is -0.124. The predicted molar refractivity (Wildman–Crippen MR) is 79.7 cm³/mol. The van der Waals surface area contributed by atoms with E-state index >= 15 is 0 Å². The number of fused-ring (bicyclic) bond motifs is 1. The zero-order chi connectivity index (χ0) is 14.8. The van der Waals surface area contributed by atoms with Crippen molar-refractivity contribution in [2.45, 2.75) is 26.4 Å². The lowest BCUT2D eigenvalue weighted by Crippen LogP contribution is -2.31. The van der Waals surface area contributed by atoms with Gasteiger partial charge in [0.05, 0.1) is 24.0 Å². The van der Waals surface area contributed by atoms with Gasteiger partial charge >= 0.3 is 0 Å². The van der Waals surface area contributed by atoms with E-state index in [-0.39, 0.29) is 11.9 Å². The molecule has 3 aromatic rings. The average molecular weight is 283 g/mol. The summed E-state index contributed by atoms with van der Waals surface area (Å²) in [6.45, 7) is 4.18. The molecule has 0 aliphatic carbocycles. The molecule has 0 fully saturated rings. The fraction of sp³-hybridized carbons (Fsp3) is 0.250. The molecule has 0 bridgehead atoms. The van der Waals surface area contributed by atoms with Crippen LogP contribution in [-0.4, -0.2) is 15.7 Å². The Morgan fingerprint density at radius 3 is 2.90 bits per heavy atom. The maximum Gasteiger partial charge on any atom is 0.244 e. The number of rotatable bonds is 4. The zero-order valence-electron chi connectivity index (χ0n) is 12.0. The van der Waals surface area contributed by atoms with E-state index in [9.17, 15) is 4.79 Å². The molecule has 0 aliphatic rings. The molecule has 21 heavy (non-hydrogen) atoms. The standard InChI is InChI=1S/C16H17N3O2/c1-11-14-7-3-4-8-15(14)19(18-11)12(2)16(20)17-10-13-6-5-9-21-13/h3-9,12H,10H2,1-2H3,(H,17,20). The van der Waals surface area contributed by atoms with Crippen LogP contribution in [0.25, 0.3) is 10.9 Å². The molecule has 5 nitrogen and oxygen atoms in total. The zero-order valence-corrected chi connectivity index (χ0v) is 12.0. The number of aromatic nitrogens is 2. The van der Waals surface area contributed by atoms with Crippen LogP contribution in [0, 0.1) is 6.92 Å². The first kappa shape index (κ1) is 13.4. The smallest absolute Gasteiger partial charge is 0.244 e. The molecule has 1 atom stereocenters. The topological polar surface area (TPSA) is 60.1 Å². The average Bonchev–Trinajstić information content (AvgIpc) is 3.13. The minimum Gasteiger partial charge on any atom is -0.467 e. The van der Waals surface area contributed by atoms with Gasteiger partial charge in [-0.1, -0.05) is 18.2 Å². The highest BCUT2D eigenvalue weighted by atomic mass is 16.3. The summed E-state index contributed by atoms with van der Waals surface area (Å²) < 4.78 is 6.97. The van der Waals surface area contributed by atoms with Gasteiger partial charge in [0.1, 0.15) is 11.8 Å². The van der Waals surface area contributed by atoms with Crippen LogP contribution in [-0.2, 0) is 11.3 Å². The van der Waals surface area contributed by atoms with Gasteiger partial charge < -0.3 is 9.73 Å². The fourth-order valence-electron chi connectivity index (χ4n) is 2.39. The molecule has 1 unspecified atom stereocenters. The molecule has 1 N–H and O–H groups in total. The van der Waals surface area contributed by atoms with Crippen LogP contribution in [0.5, 0.6) is 0 Å². The summed E-state index contributed by atoms with van der Waals surface area (Å²) in [5, 5.41) is 8.42. The highest BCUT2D eigenvalue weighted by Crippen LogP contribution is 2.21. The number of aryl methyl sites for hydroxylation is 1. The van der Waals surface area contributed by atoms with Crippen LogP contribution in [0.1, 0.15) is 24.4 Å². The summed E-state index contributed by atoms with van der Waals surface area (Å²) in [5.74, 6) is 0.650. The normalized spacial score (nSPS) is 12.5. The Morgan fingerprint density at radius 2 is 2.14 bits per heavy atom. The maximum absolute atomic E-state index is 12.3. The molecular formula is C16H17N3O2. The van der Waals surface area contributed by atoms with Crippen molar-refractivity contribution in [2.24, 2.45) is 0 Å². The molecule has 2 aromatic heterocycles. The van der Waals surface area contributed by atoms with Crippen molar-refractivity contribution < 1.29 is 9.21 Å². The molecule has 0 aliphatic heterocycles. The molecule has 0 saturated heterocycles. The number of carbonyl (C=O) groups excluding carboxylic acids is 1. The second kappa shape index (κ2) is 5.44. The lowest BCUT2D eigenvalue weighted by Gasteiger charge is -2.13. The predicted octanol–water partition coefficient (Wildman–Crippen LogP) is 2.82. The number of furan rings is 1. The maximum atomic E-state index is 12.3. The molecule has 2 heterocycles. The summed E-state index contributed by atoms with van der Waals surface area (Å²) in [6, 6.07) is 11.2. The number of hydrogen-bond acceptors (Lipinski definition) is 3. The fourth-order valence-corrected chi connectivity index (χ4v) is 2.39. The Labute approximate surface area is 122 Å². The van der Waals surface area contributed by atoms with Crippen LogP contribution in [0.2, 0.25) is 0 Å². The first-order valence-electron chi connectivity index (χ1n) is 6.91. The van der Waals surface area contributed by atoms with Crippen LogP contribution in [0.3, 0.4) is 0 Å². The Morgan fingerprint density at radius 1 is 1.33 bits per heavy atom. The summed E-state index contributed by atoms with van der Waals surface area (Å²) in [5.41, 5.74) is 1.90. The van der Waals surface area contributed by atoms with E-state index < -0.39 is 0 Å². The second-order valence-electron chi connectivity index (χ2n) is 5.02. The molecule has 0 radical (unpaired) electrons. The van der Waals surface area contributed by atoms with Crippen LogP contribution >= 0.6 is 0 Å². The van der Waals surface area contributed by atoms with Crippen molar-refractivity contribution in [1.29, 1.82) is 0 Å². The van der Waals surface area contributed by atoms with Crippen molar-refractivity contribution in [3.05, 3.63) is 54.1 Å². The number of amides is 1. The number of hydrogen-bond donors (Lipinski definition) is 1. The van der Waals surface area contributed by atoms with E-state index in [0.29, 0.717) is 6.54 Å². The quantitative estimate of drug-likeness (QED) is 0.801. The molecule has 1 aromatic carbocycles. The molecule has 0 spiro atoms. The van der Waals surface area contributed by atoms with E-state index in [1.54, 1.807) is 17.0 Å². The first-order chi connectivity index (χ1) is 10.2. The molecular weight excluding hydrogens is 266 g/mol. The molecule has 0 saturated carbocycles. The number of para-hydroxylation sites is 1. The molecule has 1 amide bonds. The van der Waals surface area contributed by atoms with Gasteiger partial charge in [0, 0.05) is 5.39 Å². The van der Waals surface area contributed by atoms with E-state index in [0.717, 1.165) is 22.4 Å². The Kier molecular flexibility index (Phi) is 3.48. The van der Waals surface area contributed by atoms with Gasteiger partial charge in [-0.15, -0.1) is 0 Å². The van der Waals surface area contributed by atoms with Crippen molar-refractivity contribution in [1.82, 2.24) is 15.1 Å². The molecule has 108 valence electrons. The van der Waals surface area contributed by atoms with Gasteiger partial charge in [-0.25, -0.2) is 0 Å². The monoisotopic (exact) mass is 283 g/mol. The van der Waals surface area contributed by atoms with E-state index in [2.05, 4.69) is 10.4 Å². The summed E-state index contributed by atoms with van der Waals surface area (Å²) in [7, 11) is 0. The van der Waals surface area contributed by atoms with E-state index in [4.69, 9.17) is 4.42 Å². The van der Waals surface area contributed by atoms with Crippen molar-refractivity contribution >= 4 is 16.8 Å². The van der Waals surface area contributed by atoms with E-state index in [1.165, 1.54) is 0 Å². The van der Waals surface area contributed by atoms with E-state index in [1.807, 2.05) is 44.2 Å². The number of nitrogens with zero attached hydrogens (tertiary/aromatic N) is 2. The van der Waals surface area contributed by atoms with Gasteiger partial charge in [0.25, 0.3) is 0 Å². The third-order valence-electron chi connectivity index (χ3n) is 3.56. The van der Waals surface area contributed by atoms with Crippen LogP contribution in [0.15, 0.2) is 47.1 Å². The summed E-state index contributed by atoms with van der Waals surface area (Å²) >= 11 is 0. The molecule has 5 heteroatoms. The number of carbonyl (C=O) groups is 1. The van der Waals surface area contributed by atoms with Gasteiger partial charge in [0.15, 0.2) is 0 Å². The van der Waals surface area contributed by atoms with Gasteiger partial charge in [0.2, 0.25) is 5.91 Å². The summed E-state index contributed by atoms with van der Waals surface area (Å²) in [6.07, 6.45) is 1.59. The van der Waals surface area contributed by atoms with Crippen molar-refractivity contribution in [3.8, 4) is 0 Å². The second-order valence-corrected chi connectivity index (χ2v) is 5.02. The van der Waals surface area contributed by atoms with Crippen molar-refractivity contribution in [3.63, 3.8) is 0 Å². The third kappa shape index (κ3) is 2.54. The third-order valence-corrected chi connectivity index (χ3v) is 3.56. The minimum absolute atomic E-state index is 0.0837. The Hall–Kier alpha value is -2.56. The van der Waals surface area contributed by atoms with Crippen LogP contribution in [0.4, 0.5) is 0 Å². The SMILES string of the molecule is Cc1nn(C(C)C(=O)NCc2ccco2)c2ccccc12. The Balaban J connectivity index is 1.80.